The van der Waals surface area contributed by atoms with E-state index in [-0.39, 0.29) is 5.91 Å². The Morgan fingerprint density at radius 2 is 1.79 bits per heavy atom. The number of rotatable bonds is 4. The summed E-state index contributed by atoms with van der Waals surface area (Å²) in [6.07, 6.45) is 3.45. The van der Waals surface area contributed by atoms with Crippen LogP contribution in [-0.2, 0) is 12.8 Å². The lowest BCUT2D eigenvalue weighted by atomic mass is 9.89. The monoisotopic (exact) mass is 466 g/mol. The Bertz CT molecular complexity index is 1180. The average Bonchev–Trinajstić information content (AvgIpc) is 3.19. The Balaban J connectivity index is 1.41. The van der Waals surface area contributed by atoms with E-state index in [9.17, 15) is 4.79 Å². The molecule has 1 saturated heterocycles. The Morgan fingerprint density at radius 3 is 2.45 bits per heavy atom. The fourth-order valence-corrected chi connectivity index (χ4v) is 6.42. The highest BCUT2D eigenvalue weighted by atomic mass is 32.1. The molecule has 1 atom stereocenters. The number of hydrogen-bond acceptors (Lipinski definition) is 7. The molecule has 33 heavy (non-hydrogen) atoms. The number of hydrogen-bond donors (Lipinski definition) is 0. The van der Waals surface area contributed by atoms with Crippen molar-refractivity contribution < 1.29 is 14.3 Å². The van der Waals surface area contributed by atoms with Crippen molar-refractivity contribution in [3.8, 4) is 11.5 Å². The van der Waals surface area contributed by atoms with E-state index in [0.29, 0.717) is 30.2 Å². The van der Waals surface area contributed by atoms with E-state index in [1.165, 1.54) is 22.2 Å². The van der Waals surface area contributed by atoms with Crippen LogP contribution in [-0.4, -0.2) is 61.2 Å². The van der Waals surface area contributed by atoms with E-state index in [2.05, 4.69) is 11.8 Å². The first-order valence-corrected chi connectivity index (χ1v) is 12.4. The van der Waals surface area contributed by atoms with Crippen molar-refractivity contribution in [2.45, 2.75) is 33.1 Å². The van der Waals surface area contributed by atoms with Crippen LogP contribution in [0.3, 0.4) is 0 Å². The maximum atomic E-state index is 13.4. The SMILES string of the molecule is COc1cccc(OC)c1C(=O)N1CCN(c2nc(C)nc3sc4c(c23)CCC(C)C4)CC1. The number of benzene rings is 1. The zero-order chi connectivity index (χ0) is 23.1. The normalized spacial score (nSPS) is 18.4. The number of fused-ring (bicyclic) bond motifs is 3. The second-order valence-electron chi connectivity index (χ2n) is 8.94. The summed E-state index contributed by atoms with van der Waals surface area (Å²) in [6, 6.07) is 5.43. The number of carbonyl (C=O) groups is 1. The molecule has 1 fully saturated rings. The first-order valence-electron chi connectivity index (χ1n) is 11.5. The maximum Gasteiger partial charge on any atom is 0.261 e. The van der Waals surface area contributed by atoms with Crippen molar-refractivity contribution in [2.24, 2.45) is 5.92 Å². The first-order chi connectivity index (χ1) is 16.0. The number of carbonyl (C=O) groups excluding carboxylic acids is 1. The molecule has 1 aliphatic heterocycles. The molecule has 0 radical (unpaired) electrons. The summed E-state index contributed by atoms with van der Waals surface area (Å²) in [5.41, 5.74) is 1.93. The number of thiophene rings is 1. The lowest BCUT2D eigenvalue weighted by Gasteiger charge is -2.36. The van der Waals surface area contributed by atoms with Gasteiger partial charge in [0.1, 0.15) is 33.5 Å². The molecule has 0 spiro atoms. The van der Waals surface area contributed by atoms with Gasteiger partial charge < -0.3 is 19.3 Å². The van der Waals surface area contributed by atoms with E-state index in [1.807, 2.05) is 29.2 Å². The molecule has 1 aliphatic carbocycles. The Kier molecular flexibility index (Phi) is 5.86. The number of ether oxygens (including phenoxy) is 2. The van der Waals surface area contributed by atoms with Gasteiger partial charge in [-0.1, -0.05) is 13.0 Å². The minimum Gasteiger partial charge on any atom is -0.496 e. The van der Waals surface area contributed by atoms with Crippen molar-refractivity contribution in [1.82, 2.24) is 14.9 Å². The van der Waals surface area contributed by atoms with Crippen LogP contribution in [0.5, 0.6) is 11.5 Å². The number of methoxy groups -OCH3 is 2. The molecule has 2 aliphatic rings. The number of anilines is 1. The molecule has 1 aromatic carbocycles. The second-order valence-corrected chi connectivity index (χ2v) is 10.0. The molecule has 1 amide bonds. The van der Waals surface area contributed by atoms with Gasteiger partial charge in [0, 0.05) is 31.1 Å². The standard InChI is InChI=1S/C25H30N4O3S/c1-15-8-9-17-20(14-15)33-24-21(17)23(26-16(2)27-24)28-10-12-29(13-11-28)25(30)22-18(31-3)6-5-7-19(22)32-4/h5-7,15H,8-14H2,1-4H3. The minimum absolute atomic E-state index is 0.0603. The zero-order valence-corrected chi connectivity index (χ0v) is 20.5. The number of aromatic nitrogens is 2. The zero-order valence-electron chi connectivity index (χ0n) is 19.7. The van der Waals surface area contributed by atoms with E-state index in [0.717, 1.165) is 48.3 Å². The van der Waals surface area contributed by atoms with Crippen LogP contribution in [0, 0.1) is 12.8 Å². The summed E-state index contributed by atoms with van der Waals surface area (Å²) < 4.78 is 10.9. The Labute approximate surface area is 198 Å². The highest BCUT2D eigenvalue weighted by molar-refractivity contribution is 7.19. The van der Waals surface area contributed by atoms with Crippen molar-refractivity contribution in [1.29, 1.82) is 0 Å². The van der Waals surface area contributed by atoms with Gasteiger partial charge in [-0.05, 0) is 49.8 Å². The van der Waals surface area contributed by atoms with Crippen LogP contribution in [0.25, 0.3) is 10.2 Å². The fraction of sp³-hybridized carbons (Fsp3) is 0.480. The van der Waals surface area contributed by atoms with Gasteiger partial charge in [-0.2, -0.15) is 0 Å². The predicted octanol–water partition coefficient (Wildman–Crippen LogP) is 4.10. The second kappa shape index (κ2) is 8.82. The highest BCUT2D eigenvalue weighted by Gasteiger charge is 2.30. The summed E-state index contributed by atoms with van der Waals surface area (Å²) in [6.45, 7) is 7.00. The predicted molar refractivity (Wildman–Crippen MR) is 131 cm³/mol. The van der Waals surface area contributed by atoms with Crippen molar-refractivity contribution >= 4 is 33.3 Å². The summed E-state index contributed by atoms with van der Waals surface area (Å²) in [4.78, 5) is 29.8. The van der Waals surface area contributed by atoms with Gasteiger partial charge in [-0.3, -0.25) is 4.79 Å². The van der Waals surface area contributed by atoms with Crippen molar-refractivity contribution in [3.05, 3.63) is 40.0 Å². The molecule has 0 saturated carbocycles. The van der Waals surface area contributed by atoms with Gasteiger partial charge in [-0.25, -0.2) is 9.97 Å². The lowest BCUT2D eigenvalue weighted by Crippen LogP contribution is -2.49. The van der Waals surface area contributed by atoms with Crippen LogP contribution in [0.15, 0.2) is 18.2 Å². The number of amides is 1. The number of aryl methyl sites for hydroxylation is 2. The number of piperazine rings is 1. The fourth-order valence-electron chi connectivity index (χ4n) is 5.00. The molecule has 7 nitrogen and oxygen atoms in total. The lowest BCUT2D eigenvalue weighted by molar-refractivity contribution is 0.0739. The molecule has 1 unspecified atom stereocenters. The van der Waals surface area contributed by atoms with Crippen LogP contribution < -0.4 is 14.4 Å². The maximum absolute atomic E-state index is 13.4. The third-order valence-electron chi connectivity index (χ3n) is 6.76. The topological polar surface area (TPSA) is 67.8 Å². The van der Waals surface area contributed by atoms with E-state index < -0.39 is 0 Å². The Hall–Kier alpha value is -2.87. The van der Waals surface area contributed by atoms with Gasteiger partial charge in [0.2, 0.25) is 0 Å². The largest absolute Gasteiger partial charge is 0.496 e. The summed E-state index contributed by atoms with van der Waals surface area (Å²) in [5, 5.41) is 1.23. The highest BCUT2D eigenvalue weighted by Crippen LogP contribution is 2.41. The van der Waals surface area contributed by atoms with Gasteiger partial charge in [0.25, 0.3) is 5.91 Å². The van der Waals surface area contributed by atoms with Crippen LogP contribution in [0.1, 0.15) is 40.0 Å². The van der Waals surface area contributed by atoms with Crippen molar-refractivity contribution in [2.75, 3.05) is 45.3 Å². The molecule has 2 aromatic heterocycles. The van der Waals surface area contributed by atoms with Crippen molar-refractivity contribution in [3.63, 3.8) is 0 Å². The third kappa shape index (κ3) is 3.90. The van der Waals surface area contributed by atoms with E-state index in [4.69, 9.17) is 19.4 Å². The minimum atomic E-state index is -0.0603. The molecular weight excluding hydrogens is 436 g/mol. The van der Waals surface area contributed by atoms with Crippen LogP contribution in [0.4, 0.5) is 5.82 Å². The summed E-state index contributed by atoms with van der Waals surface area (Å²) in [7, 11) is 3.16. The first kappa shape index (κ1) is 21.9. The van der Waals surface area contributed by atoms with Gasteiger partial charge in [0.15, 0.2) is 0 Å². The Morgan fingerprint density at radius 1 is 1.09 bits per heavy atom. The van der Waals surface area contributed by atoms with E-state index in [1.54, 1.807) is 26.4 Å². The summed E-state index contributed by atoms with van der Waals surface area (Å²) >= 11 is 1.84. The molecule has 0 N–H and O–H groups in total. The summed E-state index contributed by atoms with van der Waals surface area (Å²) in [5.74, 6) is 3.58. The van der Waals surface area contributed by atoms with Crippen LogP contribution in [0.2, 0.25) is 0 Å². The molecule has 8 heteroatoms. The molecule has 3 aromatic rings. The molecule has 0 bridgehead atoms. The van der Waals surface area contributed by atoms with Crippen LogP contribution >= 0.6 is 11.3 Å². The smallest absolute Gasteiger partial charge is 0.261 e. The molecule has 5 rings (SSSR count). The van der Waals surface area contributed by atoms with E-state index >= 15 is 0 Å². The molecular formula is C25H30N4O3S. The third-order valence-corrected chi connectivity index (χ3v) is 7.90. The number of nitrogens with zero attached hydrogens (tertiary/aromatic N) is 4. The van der Waals surface area contributed by atoms with Gasteiger partial charge in [-0.15, -0.1) is 11.3 Å². The average molecular weight is 467 g/mol. The van der Waals surface area contributed by atoms with Gasteiger partial charge in [0.05, 0.1) is 19.6 Å². The van der Waals surface area contributed by atoms with Gasteiger partial charge >= 0.3 is 0 Å². The molecule has 174 valence electrons. The molecule has 3 heterocycles. The quantitative estimate of drug-likeness (QED) is 0.577.